The molecule has 1 N–H and O–H groups in total. The van der Waals surface area contributed by atoms with Gasteiger partial charge in [-0.3, -0.25) is 0 Å². The zero-order valence-corrected chi connectivity index (χ0v) is 8.57. The topological polar surface area (TPSA) is 51.0 Å². The summed E-state index contributed by atoms with van der Waals surface area (Å²) >= 11 is 0. The minimum atomic E-state index is 0.237. The van der Waals surface area contributed by atoms with Crippen molar-refractivity contribution in [2.24, 2.45) is 0 Å². The normalized spacial score (nSPS) is 20.1. The van der Waals surface area contributed by atoms with E-state index >= 15 is 0 Å². The van der Waals surface area contributed by atoms with Gasteiger partial charge in [-0.25, -0.2) is 0 Å². The molecular weight excluding hydrogens is 178 g/mol. The minimum absolute atomic E-state index is 0.237. The average Bonchev–Trinajstić information content (AvgIpc) is 2.86. The molecule has 0 aromatic carbocycles. The summed E-state index contributed by atoms with van der Waals surface area (Å²) in [7, 11) is 0. The van der Waals surface area contributed by atoms with E-state index in [-0.39, 0.29) is 6.04 Å². The van der Waals surface area contributed by atoms with E-state index in [1.165, 1.54) is 32.1 Å². The van der Waals surface area contributed by atoms with E-state index in [0.29, 0.717) is 6.04 Å². The summed E-state index contributed by atoms with van der Waals surface area (Å²) in [5.74, 6) is 0.722. The lowest BCUT2D eigenvalue weighted by atomic mass is 10.1. The molecule has 4 nitrogen and oxygen atoms in total. The molecule has 0 spiro atoms. The van der Waals surface area contributed by atoms with Crippen molar-refractivity contribution in [3.8, 4) is 0 Å². The second-order valence-electron chi connectivity index (χ2n) is 3.89. The summed E-state index contributed by atoms with van der Waals surface area (Å²) in [4.78, 5) is 0. The Bertz CT molecular complexity index is 254. The Morgan fingerprint density at radius 3 is 2.93 bits per heavy atom. The highest BCUT2D eigenvalue weighted by molar-refractivity contribution is 4.88. The van der Waals surface area contributed by atoms with E-state index in [1.807, 2.05) is 0 Å². The first-order chi connectivity index (χ1) is 6.90. The number of rotatable bonds is 4. The molecule has 2 rings (SSSR count). The molecule has 1 aliphatic carbocycles. The predicted octanol–water partition coefficient (Wildman–Crippen LogP) is 2.05. The highest BCUT2D eigenvalue weighted by atomic mass is 16.4. The highest BCUT2D eigenvalue weighted by Gasteiger charge is 2.21. The summed E-state index contributed by atoms with van der Waals surface area (Å²) in [6.45, 7) is 2.14. The number of hydrogen-bond acceptors (Lipinski definition) is 4. The monoisotopic (exact) mass is 195 g/mol. The van der Waals surface area contributed by atoms with Crippen molar-refractivity contribution in [1.82, 2.24) is 15.5 Å². The number of aromatic nitrogens is 2. The van der Waals surface area contributed by atoms with E-state index in [9.17, 15) is 0 Å². The molecule has 1 heterocycles. The van der Waals surface area contributed by atoms with Gasteiger partial charge in [0, 0.05) is 6.04 Å². The Hall–Kier alpha value is -0.900. The van der Waals surface area contributed by atoms with Gasteiger partial charge in [-0.2, -0.15) is 0 Å². The Balaban J connectivity index is 1.93. The molecule has 1 atom stereocenters. The zero-order chi connectivity index (χ0) is 9.80. The molecule has 0 amide bonds. The summed E-state index contributed by atoms with van der Waals surface area (Å²) in [6.07, 6.45) is 7.65. The fourth-order valence-corrected chi connectivity index (χ4v) is 2.07. The summed E-state index contributed by atoms with van der Waals surface area (Å²) < 4.78 is 5.21. The van der Waals surface area contributed by atoms with Crippen molar-refractivity contribution in [1.29, 1.82) is 0 Å². The van der Waals surface area contributed by atoms with Crippen LogP contribution in [0.4, 0.5) is 0 Å². The maximum atomic E-state index is 5.21. The zero-order valence-electron chi connectivity index (χ0n) is 8.57. The van der Waals surface area contributed by atoms with Gasteiger partial charge in [0.1, 0.15) is 0 Å². The van der Waals surface area contributed by atoms with Crippen LogP contribution in [0.3, 0.4) is 0 Å². The molecule has 0 bridgehead atoms. The van der Waals surface area contributed by atoms with Gasteiger partial charge in [0.15, 0.2) is 0 Å². The minimum Gasteiger partial charge on any atom is -0.426 e. The fourth-order valence-electron chi connectivity index (χ4n) is 2.07. The Morgan fingerprint density at radius 2 is 2.36 bits per heavy atom. The molecular formula is C10H17N3O. The SMILES string of the molecule is CC[C@@H](NC1CCCC1)c1nnco1. The fraction of sp³-hybridized carbons (Fsp3) is 0.800. The van der Waals surface area contributed by atoms with Crippen molar-refractivity contribution in [3.05, 3.63) is 12.3 Å². The maximum absolute atomic E-state index is 5.21. The third kappa shape index (κ3) is 2.12. The predicted molar refractivity (Wildman–Crippen MR) is 52.7 cm³/mol. The number of nitrogens with zero attached hydrogens (tertiary/aromatic N) is 2. The lowest BCUT2D eigenvalue weighted by molar-refractivity contribution is 0.354. The standard InChI is InChI=1S/C10H17N3O/c1-2-9(10-13-11-7-14-10)12-8-5-3-4-6-8/h7-9,12H,2-6H2,1H3/t9-/m1/s1. The molecule has 0 radical (unpaired) electrons. The third-order valence-electron chi connectivity index (χ3n) is 2.88. The quantitative estimate of drug-likeness (QED) is 0.798. The van der Waals surface area contributed by atoms with Crippen LogP contribution in [0.1, 0.15) is 51.0 Å². The largest absolute Gasteiger partial charge is 0.426 e. The summed E-state index contributed by atoms with van der Waals surface area (Å²) in [5.41, 5.74) is 0. The van der Waals surface area contributed by atoms with Crippen molar-refractivity contribution in [2.75, 3.05) is 0 Å². The van der Waals surface area contributed by atoms with E-state index in [4.69, 9.17) is 4.42 Å². The van der Waals surface area contributed by atoms with Crippen LogP contribution in [-0.4, -0.2) is 16.2 Å². The van der Waals surface area contributed by atoms with Gasteiger partial charge < -0.3 is 9.73 Å². The van der Waals surface area contributed by atoms with Crippen molar-refractivity contribution in [2.45, 2.75) is 51.1 Å². The molecule has 1 aromatic rings. The Labute approximate surface area is 84.1 Å². The van der Waals surface area contributed by atoms with Crippen LogP contribution >= 0.6 is 0 Å². The first-order valence-electron chi connectivity index (χ1n) is 5.42. The second kappa shape index (κ2) is 4.55. The first-order valence-corrected chi connectivity index (χ1v) is 5.42. The van der Waals surface area contributed by atoms with Gasteiger partial charge in [0.25, 0.3) is 0 Å². The molecule has 14 heavy (non-hydrogen) atoms. The summed E-state index contributed by atoms with van der Waals surface area (Å²) in [6, 6.07) is 0.882. The van der Waals surface area contributed by atoms with Crippen molar-refractivity contribution >= 4 is 0 Å². The van der Waals surface area contributed by atoms with E-state index in [1.54, 1.807) is 0 Å². The molecule has 1 aromatic heterocycles. The summed E-state index contributed by atoms with van der Waals surface area (Å²) in [5, 5.41) is 11.2. The smallest absolute Gasteiger partial charge is 0.233 e. The van der Waals surface area contributed by atoms with Gasteiger partial charge in [-0.05, 0) is 19.3 Å². The third-order valence-corrected chi connectivity index (χ3v) is 2.88. The molecule has 0 aliphatic heterocycles. The van der Waals surface area contributed by atoms with E-state index in [2.05, 4.69) is 22.4 Å². The van der Waals surface area contributed by atoms with Crippen LogP contribution in [-0.2, 0) is 0 Å². The van der Waals surface area contributed by atoms with Crippen LogP contribution in [0.2, 0.25) is 0 Å². The molecule has 1 aliphatic rings. The maximum Gasteiger partial charge on any atom is 0.233 e. The van der Waals surface area contributed by atoms with Crippen LogP contribution in [0, 0.1) is 0 Å². The second-order valence-corrected chi connectivity index (χ2v) is 3.89. The van der Waals surface area contributed by atoms with Crippen molar-refractivity contribution < 1.29 is 4.42 Å². The Kier molecular flexibility index (Phi) is 3.14. The lowest BCUT2D eigenvalue weighted by Crippen LogP contribution is -2.30. The van der Waals surface area contributed by atoms with Gasteiger partial charge in [0.05, 0.1) is 6.04 Å². The van der Waals surface area contributed by atoms with Gasteiger partial charge >= 0.3 is 0 Å². The van der Waals surface area contributed by atoms with Gasteiger partial charge in [0.2, 0.25) is 12.3 Å². The van der Waals surface area contributed by atoms with Crippen molar-refractivity contribution in [3.63, 3.8) is 0 Å². The molecule has 4 heteroatoms. The first kappa shape index (κ1) is 9.65. The number of hydrogen-bond donors (Lipinski definition) is 1. The molecule has 78 valence electrons. The van der Waals surface area contributed by atoms with E-state index in [0.717, 1.165) is 12.3 Å². The highest BCUT2D eigenvalue weighted by Crippen LogP contribution is 2.22. The van der Waals surface area contributed by atoms with Gasteiger partial charge in [-0.15, -0.1) is 10.2 Å². The van der Waals surface area contributed by atoms with Crippen LogP contribution in [0.15, 0.2) is 10.8 Å². The molecule has 1 saturated carbocycles. The van der Waals surface area contributed by atoms with E-state index < -0.39 is 0 Å². The Morgan fingerprint density at radius 1 is 1.57 bits per heavy atom. The lowest BCUT2D eigenvalue weighted by Gasteiger charge is -2.18. The van der Waals surface area contributed by atoms with Gasteiger partial charge in [-0.1, -0.05) is 19.8 Å². The average molecular weight is 195 g/mol. The van der Waals surface area contributed by atoms with Crippen LogP contribution < -0.4 is 5.32 Å². The van der Waals surface area contributed by atoms with Crippen LogP contribution in [0.25, 0.3) is 0 Å². The number of nitrogens with one attached hydrogen (secondary N) is 1. The molecule has 0 saturated heterocycles. The van der Waals surface area contributed by atoms with Crippen LogP contribution in [0.5, 0.6) is 0 Å². The molecule has 0 unspecified atom stereocenters. The molecule has 1 fully saturated rings.